The number of aryl methyl sites for hydroxylation is 1. The molecular weight excluding hydrogens is 296 g/mol. The number of hydrogen-bond donors (Lipinski definition) is 3. The molecule has 0 unspecified atom stereocenters. The quantitative estimate of drug-likeness (QED) is 0.645. The van der Waals surface area contributed by atoms with Crippen molar-refractivity contribution in [3.63, 3.8) is 0 Å². The molecule has 1 aliphatic rings. The highest BCUT2D eigenvalue weighted by Gasteiger charge is 2.18. The molecule has 9 nitrogen and oxygen atoms in total. The number of aromatic amines is 1. The monoisotopic (exact) mass is 308 g/mol. The van der Waals surface area contributed by atoms with Gasteiger partial charge in [0.15, 0.2) is 17.5 Å². The van der Waals surface area contributed by atoms with Crippen molar-refractivity contribution >= 4 is 17.5 Å². The Kier molecular flexibility index (Phi) is 2.97. The van der Waals surface area contributed by atoms with E-state index in [-0.39, 0.29) is 12.5 Å². The predicted octanol–water partition coefficient (Wildman–Crippen LogP) is 0.996. The molecule has 4 rings (SSSR count). The molecule has 0 fully saturated rings. The zero-order valence-corrected chi connectivity index (χ0v) is 12.2. The van der Waals surface area contributed by atoms with Crippen molar-refractivity contribution in [1.82, 2.24) is 30.1 Å². The molecule has 0 saturated heterocycles. The summed E-state index contributed by atoms with van der Waals surface area (Å²) in [4.78, 5) is 28.6. The summed E-state index contributed by atoms with van der Waals surface area (Å²) in [7, 11) is 0. The van der Waals surface area contributed by atoms with Crippen molar-refractivity contribution in [2.75, 3.05) is 17.2 Å². The molecule has 3 aromatic heterocycles. The molecule has 3 N–H and O–H groups in total. The number of carbonyl (C=O) groups excluding carboxylic acids is 1. The summed E-state index contributed by atoms with van der Waals surface area (Å²) in [6, 6.07) is 1.89. The fraction of sp³-hybridized carbons (Fsp3) is 0.143. The predicted molar refractivity (Wildman–Crippen MR) is 82.5 cm³/mol. The largest absolute Gasteiger partial charge is 0.358 e. The number of fused-ring (bicyclic) bond motifs is 1. The molecule has 0 aliphatic carbocycles. The second-order valence-electron chi connectivity index (χ2n) is 5.06. The van der Waals surface area contributed by atoms with Gasteiger partial charge < -0.3 is 10.6 Å². The highest BCUT2D eigenvalue weighted by atomic mass is 16.2. The van der Waals surface area contributed by atoms with E-state index in [9.17, 15) is 4.79 Å². The van der Waals surface area contributed by atoms with Crippen LogP contribution >= 0.6 is 0 Å². The van der Waals surface area contributed by atoms with Gasteiger partial charge in [-0.15, -0.1) is 0 Å². The van der Waals surface area contributed by atoms with Crippen molar-refractivity contribution in [3.05, 3.63) is 30.4 Å². The van der Waals surface area contributed by atoms with E-state index in [2.05, 4.69) is 40.8 Å². The Morgan fingerprint density at radius 2 is 2.00 bits per heavy atom. The van der Waals surface area contributed by atoms with Gasteiger partial charge >= 0.3 is 0 Å². The topological polar surface area (TPSA) is 121 Å². The van der Waals surface area contributed by atoms with E-state index in [1.807, 2.05) is 13.0 Å². The molecule has 0 spiro atoms. The van der Waals surface area contributed by atoms with Crippen LogP contribution in [0.4, 0.5) is 11.6 Å². The number of H-pyrrole nitrogens is 1. The number of aromatic nitrogens is 6. The number of hydrogen-bond acceptors (Lipinski definition) is 7. The van der Waals surface area contributed by atoms with Crippen LogP contribution in [0.5, 0.6) is 0 Å². The third-order valence-electron chi connectivity index (χ3n) is 3.48. The van der Waals surface area contributed by atoms with E-state index in [0.29, 0.717) is 28.8 Å². The zero-order chi connectivity index (χ0) is 15.8. The molecule has 3 aromatic rings. The maximum absolute atomic E-state index is 11.4. The van der Waals surface area contributed by atoms with Crippen LogP contribution in [0, 0.1) is 6.92 Å². The Labute approximate surface area is 130 Å². The molecule has 4 heterocycles. The first-order valence-corrected chi connectivity index (χ1v) is 6.94. The molecule has 0 bridgehead atoms. The molecular formula is C14H12N8O. The lowest BCUT2D eigenvalue weighted by atomic mass is 10.1. The fourth-order valence-electron chi connectivity index (χ4n) is 2.35. The smallest absolute Gasteiger partial charge is 0.244 e. The van der Waals surface area contributed by atoms with Gasteiger partial charge in [-0.1, -0.05) is 0 Å². The van der Waals surface area contributed by atoms with Crippen LogP contribution in [-0.4, -0.2) is 42.6 Å². The minimum atomic E-state index is -0.140. The van der Waals surface area contributed by atoms with Gasteiger partial charge in [0.1, 0.15) is 12.0 Å². The summed E-state index contributed by atoms with van der Waals surface area (Å²) in [5.74, 6) is 1.39. The number of pyridine rings is 1. The molecule has 1 amide bonds. The lowest BCUT2D eigenvalue weighted by Crippen LogP contribution is -2.28. The van der Waals surface area contributed by atoms with Gasteiger partial charge in [0.2, 0.25) is 5.91 Å². The second kappa shape index (κ2) is 5.13. The summed E-state index contributed by atoms with van der Waals surface area (Å²) >= 11 is 0. The average Bonchev–Trinajstić information content (AvgIpc) is 3.08. The first kappa shape index (κ1) is 13.3. The summed E-state index contributed by atoms with van der Waals surface area (Å²) in [6.45, 7) is 2.15. The standard InChI is InChI=1S/C14H12N8O/c1-7-2-9(12-18-6-19-22-12)15-3-8(7)10-4-16-13-14(20-10)21-11(23)5-17-13/h2-4,6H,5H2,1H3,(H,16,17)(H,18,19,22)(H,20,21,23). The average molecular weight is 308 g/mol. The molecule has 0 saturated carbocycles. The number of rotatable bonds is 2. The number of nitrogens with one attached hydrogen (secondary N) is 3. The minimum absolute atomic E-state index is 0.140. The first-order chi connectivity index (χ1) is 11.2. The highest BCUT2D eigenvalue weighted by Crippen LogP contribution is 2.27. The lowest BCUT2D eigenvalue weighted by molar-refractivity contribution is -0.114. The highest BCUT2D eigenvalue weighted by molar-refractivity contribution is 5.98. The summed E-state index contributed by atoms with van der Waals surface area (Å²) in [6.07, 6.45) is 4.86. The van der Waals surface area contributed by atoms with Gasteiger partial charge in [-0.05, 0) is 18.6 Å². The number of amides is 1. The van der Waals surface area contributed by atoms with Crippen molar-refractivity contribution in [2.45, 2.75) is 6.92 Å². The number of nitrogens with zero attached hydrogens (tertiary/aromatic N) is 5. The van der Waals surface area contributed by atoms with Crippen molar-refractivity contribution in [3.8, 4) is 22.8 Å². The first-order valence-electron chi connectivity index (χ1n) is 6.94. The minimum Gasteiger partial charge on any atom is -0.358 e. The van der Waals surface area contributed by atoms with E-state index < -0.39 is 0 Å². The summed E-state index contributed by atoms with van der Waals surface area (Å²) in [5, 5.41) is 12.3. The molecule has 0 radical (unpaired) electrons. The third kappa shape index (κ3) is 2.37. The maximum Gasteiger partial charge on any atom is 0.244 e. The van der Waals surface area contributed by atoms with Crippen LogP contribution in [-0.2, 0) is 4.79 Å². The lowest BCUT2D eigenvalue weighted by Gasteiger charge is -2.17. The maximum atomic E-state index is 11.4. The molecule has 1 aliphatic heterocycles. The van der Waals surface area contributed by atoms with Crippen molar-refractivity contribution in [1.29, 1.82) is 0 Å². The molecule has 114 valence electrons. The Hall–Kier alpha value is -3.36. The van der Waals surface area contributed by atoms with Crippen LogP contribution in [0.2, 0.25) is 0 Å². The van der Waals surface area contributed by atoms with E-state index in [4.69, 9.17) is 0 Å². The van der Waals surface area contributed by atoms with Gasteiger partial charge in [0.05, 0.1) is 18.4 Å². The molecule has 9 heteroatoms. The van der Waals surface area contributed by atoms with Crippen molar-refractivity contribution in [2.24, 2.45) is 0 Å². The molecule has 0 atom stereocenters. The Morgan fingerprint density at radius 3 is 2.78 bits per heavy atom. The Morgan fingerprint density at radius 1 is 1.09 bits per heavy atom. The van der Waals surface area contributed by atoms with E-state index in [1.165, 1.54) is 6.33 Å². The van der Waals surface area contributed by atoms with Gasteiger partial charge in [0, 0.05) is 11.8 Å². The summed E-state index contributed by atoms with van der Waals surface area (Å²) < 4.78 is 0. The van der Waals surface area contributed by atoms with E-state index in [0.717, 1.165) is 11.1 Å². The van der Waals surface area contributed by atoms with Gasteiger partial charge in [-0.3, -0.25) is 14.9 Å². The number of carbonyl (C=O) groups is 1. The van der Waals surface area contributed by atoms with Crippen LogP contribution < -0.4 is 10.6 Å². The van der Waals surface area contributed by atoms with Gasteiger partial charge in [-0.2, -0.15) is 5.10 Å². The number of anilines is 2. The third-order valence-corrected chi connectivity index (χ3v) is 3.48. The van der Waals surface area contributed by atoms with E-state index in [1.54, 1.807) is 12.4 Å². The van der Waals surface area contributed by atoms with Crippen molar-refractivity contribution < 1.29 is 4.79 Å². The second-order valence-corrected chi connectivity index (χ2v) is 5.06. The van der Waals surface area contributed by atoms with Crippen LogP contribution in [0.15, 0.2) is 24.8 Å². The van der Waals surface area contributed by atoms with Gasteiger partial charge in [-0.25, -0.2) is 15.0 Å². The van der Waals surface area contributed by atoms with Gasteiger partial charge in [0.25, 0.3) is 0 Å². The normalized spacial score (nSPS) is 13.2. The van der Waals surface area contributed by atoms with Crippen LogP contribution in [0.1, 0.15) is 5.56 Å². The Balaban J connectivity index is 1.73. The van der Waals surface area contributed by atoms with E-state index >= 15 is 0 Å². The fourth-order valence-corrected chi connectivity index (χ4v) is 2.35. The summed E-state index contributed by atoms with van der Waals surface area (Å²) in [5.41, 5.74) is 3.11. The SMILES string of the molecule is Cc1cc(-c2nc[nH]n2)ncc1-c1cnc2c(n1)NC(=O)CN2. The van der Waals surface area contributed by atoms with Crippen LogP contribution in [0.25, 0.3) is 22.8 Å². The zero-order valence-electron chi connectivity index (χ0n) is 12.2. The molecule has 0 aromatic carbocycles. The van der Waals surface area contributed by atoms with Crippen LogP contribution in [0.3, 0.4) is 0 Å². The Bertz CT molecular complexity index is 890. The molecule has 23 heavy (non-hydrogen) atoms.